The fourth-order valence-electron chi connectivity index (χ4n) is 3.35. The molecule has 0 bridgehead atoms. The Hall–Kier alpha value is -2.27. The molecule has 5 heteroatoms. The van der Waals surface area contributed by atoms with Crippen LogP contribution in [0.3, 0.4) is 0 Å². The first-order valence-electron chi connectivity index (χ1n) is 8.31. The number of carbonyl (C=O) groups excluding carboxylic acids is 1. The van der Waals surface area contributed by atoms with E-state index in [1.807, 2.05) is 36.4 Å². The zero-order valence-electron chi connectivity index (χ0n) is 13.9. The molecule has 4 rings (SSSR count). The molecule has 0 radical (unpaired) electrons. The van der Waals surface area contributed by atoms with Gasteiger partial charge in [0.05, 0.1) is 12.7 Å². The lowest BCUT2D eigenvalue weighted by atomic mass is 9.95. The molecule has 4 nitrogen and oxygen atoms in total. The lowest BCUT2D eigenvalue weighted by Gasteiger charge is -2.16. The molecule has 25 heavy (non-hydrogen) atoms. The number of benzene rings is 2. The van der Waals surface area contributed by atoms with Crippen molar-refractivity contribution < 1.29 is 9.53 Å². The molecule has 0 aliphatic heterocycles. The Labute approximate surface area is 154 Å². The number of hydrogen-bond acceptors (Lipinski definition) is 2. The van der Waals surface area contributed by atoms with E-state index in [0.29, 0.717) is 12.1 Å². The van der Waals surface area contributed by atoms with Gasteiger partial charge in [0.2, 0.25) is 0 Å². The summed E-state index contributed by atoms with van der Waals surface area (Å²) in [5, 5.41) is 4.28. The summed E-state index contributed by atoms with van der Waals surface area (Å²) in [6.45, 7) is 0.636. The molecule has 2 aromatic carbocycles. The summed E-state index contributed by atoms with van der Waals surface area (Å²) in [5.41, 5.74) is 3.04. The van der Waals surface area contributed by atoms with Gasteiger partial charge in [-0.25, -0.2) is 0 Å². The number of methoxy groups -OCH3 is 1. The summed E-state index contributed by atoms with van der Waals surface area (Å²) in [7, 11) is 1.68. The summed E-state index contributed by atoms with van der Waals surface area (Å²) >= 11 is 3.44. The van der Waals surface area contributed by atoms with Crippen LogP contribution in [0.25, 0.3) is 10.9 Å². The number of aromatic nitrogens is 1. The lowest BCUT2D eigenvalue weighted by Crippen LogP contribution is -2.32. The summed E-state index contributed by atoms with van der Waals surface area (Å²) in [6.07, 6.45) is 4.22. The van der Waals surface area contributed by atoms with Crippen LogP contribution >= 0.6 is 15.9 Å². The van der Waals surface area contributed by atoms with Crippen molar-refractivity contribution in [2.45, 2.75) is 18.3 Å². The topological polar surface area (TPSA) is 54.1 Å². The summed E-state index contributed by atoms with van der Waals surface area (Å²) in [5.74, 6) is 0.803. The highest BCUT2D eigenvalue weighted by molar-refractivity contribution is 9.10. The van der Waals surface area contributed by atoms with E-state index < -0.39 is 0 Å². The first-order chi connectivity index (χ1) is 12.1. The number of carbonyl (C=O) groups is 1. The van der Waals surface area contributed by atoms with Crippen LogP contribution in [0.2, 0.25) is 0 Å². The van der Waals surface area contributed by atoms with Crippen LogP contribution in [-0.4, -0.2) is 24.5 Å². The SMILES string of the molecule is COc1ccc2[nH]cc(C3(CNC(=O)c4ccccc4Br)CC3)c2c1. The highest BCUT2D eigenvalue weighted by atomic mass is 79.9. The maximum absolute atomic E-state index is 12.5. The van der Waals surface area contributed by atoms with E-state index in [2.05, 4.69) is 38.5 Å². The van der Waals surface area contributed by atoms with Gasteiger partial charge in [-0.2, -0.15) is 0 Å². The standard InChI is InChI=1S/C20H19BrN2O2/c1-25-13-6-7-18-15(10-13)16(11-22-18)20(8-9-20)12-23-19(24)14-4-2-3-5-17(14)21/h2-7,10-11,22H,8-9,12H2,1H3,(H,23,24). The molecular weight excluding hydrogens is 380 g/mol. The molecule has 1 aliphatic carbocycles. The Kier molecular flexibility index (Phi) is 4.04. The van der Waals surface area contributed by atoms with Gasteiger partial charge in [0, 0.05) is 33.5 Å². The predicted molar refractivity (Wildman–Crippen MR) is 102 cm³/mol. The van der Waals surface area contributed by atoms with Gasteiger partial charge >= 0.3 is 0 Å². The number of halogens is 1. The molecule has 3 aromatic rings. The minimum absolute atomic E-state index is 0.0154. The third-order valence-electron chi connectivity index (χ3n) is 5.02. The van der Waals surface area contributed by atoms with Gasteiger partial charge in [0.15, 0.2) is 0 Å². The third kappa shape index (κ3) is 2.93. The van der Waals surface area contributed by atoms with Gasteiger partial charge in [0.1, 0.15) is 5.75 Å². The van der Waals surface area contributed by atoms with Crippen LogP contribution in [0, 0.1) is 0 Å². The first-order valence-corrected chi connectivity index (χ1v) is 9.11. The number of rotatable bonds is 5. The van der Waals surface area contributed by atoms with Gasteiger partial charge in [0.25, 0.3) is 5.91 Å². The molecule has 1 saturated carbocycles. The van der Waals surface area contributed by atoms with Crippen LogP contribution in [0.15, 0.2) is 53.1 Å². The fourth-order valence-corrected chi connectivity index (χ4v) is 3.81. The van der Waals surface area contributed by atoms with E-state index in [9.17, 15) is 4.79 Å². The van der Waals surface area contributed by atoms with Gasteiger partial charge < -0.3 is 15.0 Å². The highest BCUT2D eigenvalue weighted by Crippen LogP contribution is 2.50. The van der Waals surface area contributed by atoms with Crippen LogP contribution in [0.4, 0.5) is 0 Å². The van der Waals surface area contributed by atoms with Gasteiger partial charge in [-0.1, -0.05) is 12.1 Å². The molecule has 1 aromatic heterocycles. The number of nitrogens with one attached hydrogen (secondary N) is 2. The monoisotopic (exact) mass is 398 g/mol. The van der Waals surface area contributed by atoms with Crippen molar-refractivity contribution in [1.82, 2.24) is 10.3 Å². The Bertz CT molecular complexity index is 944. The molecule has 0 saturated heterocycles. The highest BCUT2D eigenvalue weighted by Gasteiger charge is 2.46. The molecule has 0 spiro atoms. The van der Waals surface area contributed by atoms with Crippen molar-refractivity contribution in [3.8, 4) is 5.75 Å². The van der Waals surface area contributed by atoms with Gasteiger partial charge in [-0.05, 0) is 64.7 Å². The van der Waals surface area contributed by atoms with E-state index in [1.54, 1.807) is 7.11 Å². The van der Waals surface area contributed by atoms with Crippen molar-refractivity contribution in [3.63, 3.8) is 0 Å². The first kappa shape index (κ1) is 16.2. The maximum atomic E-state index is 12.5. The van der Waals surface area contributed by atoms with E-state index in [1.165, 1.54) is 10.9 Å². The third-order valence-corrected chi connectivity index (χ3v) is 5.71. The van der Waals surface area contributed by atoms with E-state index >= 15 is 0 Å². The molecule has 0 unspecified atom stereocenters. The molecular formula is C20H19BrN2O2. The Morgan fingerprint density at radius 3 is 2.80 bits per heavy atom. The van der Waals surface area contributed by atoms with Gasteiger partial charge in [-0.15, -0.1) is 0 Å². The fraction of sp³-hybridized carbons (Fsp3) is 0.250. The largest absolute Gasteiger partial charge is 0.497 e. The van der Waals surface area contributed by atoms with E-state index in [0.717, 1.165) is 28.6 Å². The summed E-state index contributed by atoms with van der Waals surface area (Å²) < 4.78 is 6.17. The van der Waals surface area contributed by atoms with Crippen LogP contribution in [0.1, 0.15) is 28.8 Å². The minimum Gasteiger partial charge on any atom is -0.497 e. The minimum atomic E-state index is -0.0452. The number of H-pyrrole nitrogens is 1. The van der Waals surface area contributed by atoms with Crippen LogP contribution in [-0.2, 0) is 5.41 Å². The Morgan fingerprint density at radius 2 is 2.08 bits per heavy atom. The number of hydrogen-bond donors (Lipinski definition) is 2. The smallest absolute Gasteiger partial charge is 0.252 e. The quantitative estimate of drug-likeness (QED) is 0.668. The second kappa shape index (κ2) is 6.23. The second-order valence-corrected chi connectivity index (χ2v) is 7.41. The number of aromatic amines is 1. The molecule has 2 N–H and O–H groups in total. The van der Waals surface area contributed by atoms with Crippen molar-refractivity contribution >= 4 is 32.7 Å². The predicted octanol–water partition coefficient (Wildman–Crippen LogP) is 4.40. The number of ether oxygens (including phenoxy) is 1. The second-order valence-electron chi connectivity index (χ2n) is 6.56. The average molecular weight is 399 g/mol. The summed E-state index contributed by atoms with van der Waals surface area (Å²) in [4.78, 5) is 15.8. The molecule has 0 atom stereocenters. The zero-order valence-corrected chi connectivity index (χ0v) is 15.5. The molecule has 1 fully saturated rings. The molecule has 1 heterocycles. The Balaban J connectivity index is 1.57. The van der Waals surface area contributed by atoms with Crippen molar-refractivity contribution in [3.05, 3.63) is 64.3 Å². The number of fused-ring (bicyclic) bond motifs is 1. The zero-order chi connectivity index (χ0) is 17.4. The average Bonchev–Trinajstić information content (AvgIpc) is 3.30. The van der Waals surface area contributed by atoms with Crippen LogP contribution in [0.5, 0.6) is 5.75 Å². The van der Waals surface area contributed by atoms with E-state index in [4.69, 9.17) is 4.74 Å². The van der Waals surface area contributed by atoms with Crippen molar-refractivity contribution in [2.75, 3.05) is 13.7 Å². The van der Waals surface area contributed by atoms with Crippen molar-refractivity contribution in [1.29, 1.82) is 0 Å². The van der Waals surface area contributed by atoms with Crippen LogP contribution < -0.4 is 10.1 Å². The summed E-state index contributed by atoms with van der Waals surface area (Å²) in [6, 6.07) is 13.5. The molecule has 1 aliphatic rings. The van der Waals surface area contributed by atoms with Crippen molar-refractivity contribution in [2.24, 2.45) is 0 Å². The maximum Gasteiger partial charge on any atom is 0.252 e. The van der Waals surface area contributed by atoms with E-state index in [-0.39, 0.29) is 11.3 Å². The lowest BCUT2D eigenvalue weighted by molar-refractivity contribution is 0.0949. The molecule has 1 amide bonds. The molecule has 128 valence electrons. The Morgan fingerprint density at radius 1 is 1.28 bits per heavy atom. The number of amides is 1. The normalized spacial score (nSPS) is 15.1. The van der Waals surface area contributed by atoms with Gasteiger partial charge in [-0.3, -0.25) is 4.79 Å².